The van der Waals surface area contributed by atoms with Crippen LogP contribution in [0.4, 0.5) is 0 Å². The van der Waals surface area contributed by atoms with E-state index in [1.54, 1.807) is 17.2 Å². The fraction of sp³-hybridized carbons (Fsp3) is 0.462. The van der Waals surface area contributed by atoms with E-state index in [1.807, 2.05) is 18.2 Å². The standard InChI is InChI=1S/C13H17N5/c1-10(15-8-11-5-6-11)13-16-9-17-18(13)12-4-2-3-7-14-12/h2-4,7,9-11,15H,5-6,8H2,1H3. The van der Waals surface area contributed by atoms with E-state index >= 15 is 0 Å². The Morgan fingerprint density at radius 3 is 3.00 bits per heavy atom. The van der Waals surface area contributed by atoms with Gasteiger partial charge in [-0.15, -0.1) is 0 Å². The first-order valence-corrected chi connectivity index (χ1v) is 6.39. The van der Waals surface area contributed by atoms with Crippen molar-refractivity contribution in [3.05, 3.63) is 36.5 Å². The van der Waals surface area contributed by atoms with E-state index in [0.717, 1.165) is 24.1 Å². The number of nitrogens with zero attached hydrogens (tertiary/aromatic N) is 4. The predicted octanol–water partition coefficient (Wildman–Crippen LogP) is 1.72. The van der Waals surface area contributed by atoms with E-state index in [1.165, 1.54) is 12.8 Å². The molecule has 5 heteroatoms. The molecule has 0 aromatic carbocycles. The van der Waals surface area contributed by atoms with Crippen molar-refractivity contribution in [1.82, 2.24) is 25.1 Å². The molecule has 0 amide bonds. The molecule has 3 rings (SSSR count). The average Bonchev–Trinajstić information content (AvgIpc) is 3.11. The van der Waals surface area contributed by atoms with Crippen LogP contribution in [-0.4, -0.2) is 26.3 Å². The molecule has 0 spiro atoms. The van der Waals surface area contributed by atoms with Crippen LogP contribution in [0.25, 0.3) is 5.82 Å². The molecule has 18 heavy (non-hydrogen) atoms. The summed E-state index contributed by atoms with van der Waals surface area (Å²) in [4.78, 5) is 8.64. The summed E-state index contributed by atoms with van der Waals surface area (Å²) >= 11 is 0. The summed E-state index contributed by atoms with van der Waals surface area (Å²) in [5.74, 6) is 2.58. The van der Waals surface area contributed by atoms with E-state index < -0.39 is 0 Å². The molecule has 2 aromatic rings. The molecule has 2 aromatic heterocycles. The minimum absolute atomic E-state index is 0.190. The van der Waals surface area contributed by atoms with Gasteiger partial charge < -0.3 is 5.32 Å². The lowest BCUT2D eigenvalue weighted by atomic mass is 10.3. The van der Waals surface area contributed by atoms with Gasteiger partial charge in [-0.25, -0.2) is 9.97 Å². The van der Waals surface area contributed by atoms with Crippen molar-refractivity contribution in [1.29, 1.82) is 0 Å². The highest BCUT2D eigenvalue weighted by atomic mass is 15.4. The molecule has 0 radical (unpaired) electrons. The Balaban J connectivity index is 1.77. The molecule has 94 valence electrons. The van der Waals surface area contributed by atoms with Gasteiger partial charge in [-0.3, -0.25) is 0 Å². The normalized spacial score (nSPS) is 16.7. The Kier molecular flexibility index (Phi) is 3.06. The third-order valence-electron chi connectivity index (χ3n) is 3.24. The Morgan fingerprint density at radius 1 is 1.39 bits per heavy atom. The minimum Gasteiger partial charge on any atom is -0.307 e. The first-order chi connectivity index (χ1) is 8.84. The lowest BCUT2D eigenvalue weighted by Gasteiger charge is -2.13. The maximum absolute atomic E-state index is 4.34. The Bertz CT molecular complexity index is 503. The van der Waals surface area contributed by atoms with Crippen LogP contribution in [-0.2, 0) is 0 Å². The number of aromatic nitrogens is 4. The smallest absolute Gasteiger partial charge is 0.155 e. The molecule has 1 N–H and O–H groups in total. The average molecular weight is 243 g/mol. The van der Waals surface area contributed by atoms with Gasteiger partial charge in [0.25, 0.3) is 0 Å². The van der Waals surface area contributed by atoms with Gasteiger partial charge in [0.05, 0.1) is 6.04 Å². The van der Waals surface area contributed by atoms with Gasteiger partial charge in [0.2, 0.25) is 0 Å². The highest BCUT2D eigenvalue weighted by molar-refractivity contribution is 5.21. The van der Waals surface area contributed by atoms with Crippen LogP contribution in [0.3, 0.4) is 0 Å². The molecule has 2 heterocycles. The number of hydrogen-bond donors (Lipinski definition) is 1. The molecule has 0 bridgehead atoms. The van der Waals surface area contributed by atoms with Crippen LogP contribution in [0.15, 0.2) is 30.7 Å². The predicted molar refractivity (Wildman–Crippen MR) is 68.3 cm³/mol. The van der Waals surface area contributed by atoms with Crippen LogP contribution in [0.5, 0.6) is 0 Å². The van der Waals surface area contributed by atoms with Crippen molar-refractivity contribution in [3.63, 3.8) is 0 Å². The maximum atomic E-state index is 4.34. The summed E-state index contributed by atoms with van der Waals surface area (Å²) in [6.07, 6.45) is 6.06. The largest absolute Gasteiger partial charge is 0.307 e. The third kappa shape index (κ3) is 2.41. The Morgan fingerprint density at radius 2 is 2.28 bits per heavy atom. The number of nitrogens with one attached hydrogen (secondary N) is 1. The summed E-state index contributed by atoms with van der Waals surface area (Å²) in [7, 11) is 0. The maximum Gasteiger partial charge on any atom is 0.155 e. The van der Waals surface area contributed by atoms with Gasteiger partial charge >= 0.3 is 0 Å². The molecule has 0 aliphatic heterocycles. The quantitative estimate of drug-likeness (QED) is 0.868. The van der Waals surface area contributed by atoms with Crippen molar-refractivity contribution in [2.75, 3.05) is 6.54 Å². The highest BCUT2D eigenvalue weighted by Crippen LogP contribution is 2.28. The summed E-state index contributed by atoms with van der Waals surface area (Å²) in [5.41, 5.74) is 0. The fourth-order valence-corrected chi connectivity index (χ4v) is 1.96. The number of rotatable bonds is 5. The van der Waals surface area contributed by atoms with Crippen LogP contribution < -0.4 is 5.32 Å². The second kappa shape index (κ2) is 4.86. The molecule has 1 saturated carbocycles. The van der Waals surface area contributed by atoms with E-state index in [2.05, 4.69) is 27.3 Å². The van der Waals surface area contributed by atoms with Gasteiger partial charge in [-0.1, -0.05) is 6.07 Å². The zero-order valence-corrected chi connectivity index (χ0v) is 10.5. The summed E-state index contributed by atoms with van der Waals surface area (Å²) < 4.78 is 1.80. The molecule has 1 unspecified atom stereocenters. The number of hydrogen-bond acceptors (Lipinski definition) is 4. The van der Waals surface area contributed by atoms with E-state index in [9.17, 15) is 0 Å². The van der Waals surface area contributed by atoms with E-state index in [4.69, 9.17) is 0 Å². The van der Waals surface area contributed by atoms with Gasteiger partial charge in [0, 0.05) is 6.20 Å². The van der Waals surface area contributed by atoms with Crippen LogP contribution >= 0.6 is 0 Å². The zero-order valence-electron chi connectivity index (χ0n) is 10.5. The van der Waals surface area contributed by atoms with Crippen molar-refractivity contribution in [2.45, 2.75) is 25.8 Å². The molecule has 1 aliphatic carbocycles. The van der Waals surface area contributed by atoms with Crippen LogP contribution in [0.1, 0.15) is 31.6 Å². The highest BCUT2D eigenvalue weighted by Gasteiger charge is 2.23. The van der Waals surface area contributed by atoms with Crippen molar-refractivity contribution >= 4 is 0 Å². The van der Waals surface area contributed by atoms with Gasteiger partial charge in [-0.05, 0) is 44.4 Å². The van der Waals surface area contributed by atoms with Crippen molar-refractivity contribution in [2.24, 2.45) is 5.92 Å². The third-order valence-corrected chi connectivity index (χ3v) is 3.24. The van der Waals surface area contributed by atoms with Crippen molar-refractivity contribution in [3.8, 4) is 5.82 Å². The molecular formula is C13H17N5. The first-order valence-electron chi connectivity index (χ1n) is 6.39. The van der Waals surface area contributed by atoms with Crippen LogP contribution in [0, 0.1) is 5.92 Å². The molecule has 1 aliphatic rings. The molecule has 0 saturated heterocycles. The second-order valence-corrected chi connectivity index (χ2v) is 4.79. The first kappa shape index (κ1) is 11.3. The van der Waals surface area contributed by atoms with E-state index in [-0.39, 0.29) is 6.04 Å². The molecule has 5 nitrogen and oxygen atoms in total. The van der Waals surface area contributed by atoms with Gasteiger partial charge in [0.15, 0.2) is 11.6 Å². The summed E-state index contributed by atoms with van der Waals surface area (Å²) in [6, 6.07) is 5.98. The topological polar surface area (TPSA) is 55.6 Å². The summed E-state index contributed by atoms with van der Waals surface area (Å²) in [5, 5.41) is 7.76. The molecule has 1 atom stereocenters. The lowest BCUT2D eigenvalue weighted by Crippen LogP contribution is -2.24. The summed E-state index contributed by atoms with van der Waals surface area (Å²) in [6.45, 7) is 3.18. The van der Waals surface area contributed by atoms with Gasteiger partial charge in [-0.2, -0.15) is 9.78 Å². The number of pyridine rings is 1. The van der Waals surface area contributed by atoms with Crippen LogP contribution in [0.2, 0.25) is 0 Å². The monoisotopic (exact) mass is 243 g/mol. The Hall–Kier alpha value is -1.75. The minimum atomic E-state index is 0.190. The SMILES string of the molecule is CC(NCC1CC1)c1ncnn1-c1ccccn1. The second-order valence-electron chi connectivity index (χ2n) is 4.79. The zero-order chi connectivity index (χ0) is 12.4. The lowest BCUT2D eigenvalue weighted by molar-refractivity contribution is 0.513. The molecule has 1 fully saturated rings. The van der Waals surface area contributed by atoms with Gasteiger partial charge in [0.1, 0.15) is 6.33 Å². The fourth-order valence-electron chi connectivity index (χ4n) is 1.96. The Labute approximate surface area is 106 Å². The van der Waals surface area contributed by atoms with E-state index in [0.29, 0.717) is 0 Å². The molecular weight excluding hydrogens is 226 g/mol. The van der Waals surface area contributed by atoms with Crippen molar-refractivity contribution < 1.29 is 0 Å².